The van der Waals surface area contributed by atoms with Crippen LogP contribution in [0.25, 0.3) is 5.65 Å². The molecule has 0 radical (unpaired) electrons. The van der Waals surface area contributed by atoms with Crippen molar-refractivity contribution in [2.75, 3.05) is 14.1 Å². The van der Waals surface area contributed by atoms with Crippen LogP contribution >= 0.6 is 0 Å². The summed E-state index contributed by atoms with van der Waals surface area (Å²) in [4.78, 5) is 17.4. The van der Waals surface area contributed by atoms with E-state index in [9.17, 15) is 18.0 Å². The van der Waals surface area contributed by atoms with E-state index in [2.05, 4.69) is 4.98 Å². The number of alkyl halides is 3. The molecular formula is C12H12F3N3O. The van der Waals surface area contributed by atoms with E-state index in [1.54, 1.807) is 6.92 Å². The lowest BCUT2D eigenvalue weighted by atomic mass is 10.2. The number of carbonyl (C=O) groups is 1. The molecule has 0 spiro atoms. The molecule has 0 atom stereocenters. The van der Waals surface area contributed by atoms with Gasteiger partial charge >= 0.3 is 6.18 Å². The quantitative estimate of drug-likeness (QED) is 0.798. The van der Waals surface area contributed by atoms with Gasteiger partial charge in [-0.2, -0.15) is 13.2 Å². The molecule has 0 aliphatic heterocycles. The zero-order chi connectivity index (χ0) is 14.4. The Kier molecular flexibility index (Phi) is 3.00. The molecule has 0 saturated carbocycles. The molecule has 0 unspecified atom stereocenters. The van der Waals surface area contributed by atoms with E-state index in [0.29, 0.717) is 11.3 Å². The van der Waals surface area contributed by atoms with Crippen LogP contribution in [0.2, 0.25) is 0 Å². The summed E-state index contributed by atoms with van der Waals surface area (Å²) in [6.45, 7) is 1.59. The maximum atomic E-state index is 12.7. The lowest BCUT2D eigenvalue weighted by Crippen LogP contribution is -2.24. The number of hydrogen-bond donors (Lipinski definition) is 0. The number of halogens is 3. The molecule has 1 amide bonds. The van der Waals surface area contributed by atoms with Crippen LogP contribution < -0.4 is 0 Å². The molecule has 0 bridgehead atoms. The largest absolute Gasteiger partial charge is 0.417 e. The van der Waals surface area contributed by atoms with Crippen LogP contribution in [0.5, 0.6) is 0 Å². The van der Waals surface area contributed by atoms with Crippen molar-refractivity contribution >= 4 is 11.6 Å². The van der Waals surface area contributed by atoms with Crippen molar-refractivity contribution in [1.29, 1.82) is 0 Å². The summed E-state index contributed by atoms with van der Waals surface area (Å²) in [5.41, 5.74) is 0.0463. The Morgan fingerprint density at radius 2 is 1.95 bits per heavy atom. The van der Waals surface area contributed by atoms with Crippen LogP contribution in [0.3, 0.4) is 0 Å². The topological polar surface area (TPSA) is 37.6 Å². The molecule has 2 heterocycles. The van der Waals surface area contributed by atoms with Gasteiger partial charge in [0.1, 0.15) is 11.3 Å². The lowest BCUT2D eigenvalue weighted by Gasteiger charge is -2.12. The maximum absolute atomic E-state index is 12.7. The van der Waals surface area contributed by atoms with E-state index >= 15 is 0 Å². The van der Waals surface area contributed by atoms with Gasteiger partial charge in [0.05, 0.1) is 11.3 Å². The first-order chi connectivity index (χ1) is 8.71. The highest BCUT2D eigenvalue weighted by atomic mass is 19.4. The van der Waals surface area contributed by atoms with Crippen LogP contribution in [-0.2, 0) is 6.18 Å². The lowest BCUT2D eigenvalue weighted by molar-refractivity contribution is -0.137. The number of aryl methyl sites for hydroxylation is 1. The Morgan fingerprint density at radius 1 is 1.32 bits per heavy atom. The Bertz CT molecular complexity index is 643. The third-order valence-corrected chi connectivity index (χ3v) is 2.73. The summed E-state index contributed by atoms with van der Waals surface area (Å²) in [6.07, 6.45) is -3.56. The smallest absolute Gasteiger partial charge is 0.343 e. The van der Waals surface area contributed by atoms with Gasteiger partial charge in [0.25, 0.3) is 5.91 Å². The van der Waals surface area contributed by atoms with Gasteiger partial charge in [-0.3, -0.25) is 9.20 Å². The van der Waals surface area contributed by atoms with Gasteiger partial charge in [0.2, 0.25) is 0 Å². The highest BCUT2D eigenvalue weighted by molar-refractivity contribution is 5.94. The van der Waals surface area contributed by atoms with Crippen molar-refractivity contribution in [2.24, 2.45) is 0 Å². The zero-order valence-electron chi connectivity index (χ0n) is 10.6. The molecule has 2 aromatic heterocycles. The van der Waals surface area contributed by atoms with Gasteiger partial charge in [-0.25, -0.2) is 4.98 Å². The van der Waals surface area contributed by atoms with Gasteiger partial charge in [0, 0.05) is 20.3 Å². The molecule has 0 aliphatic carbocycles. The number of imidazole rings is 1. The first-order valence-corrected chi connectivity index (χ1v) is 5.49. The first kappa shape index (κ1) is 13.4. The monoisotopic (exact) mass is 271 g/mol. The number of amides is 1. The van der Waals surface area contributed by atoms with Gasteiger partial charge in [-0.1, -0.05) is 0 Å². The molecule has 0 saturated heterocycles. The molecule has 2 aromatic rings. The zero-order valence-corrected chi connectivity index (χ0v) is 10.6. The summed E-state index contributed by atoms with van der Waals surface area (Å²) >= 11 is 0. The molecular weight excluding hydrogens is 259 g/mol. The minimum atomic E-state index is -4.45. The first-order valence-electron chi connectivity index (χ1n) is 5.49. The molecule has 0 N–H and O–H groups in total. The SMILES string of the molecule is Cc1nc2ccc(C(F)(F)F)cn2c1C(=O)N(C)C. The second kappa shape index (κ2) is 4.25. The number of pyridine rings is 1. The normalized spacial score (nSPS) is 11.9. The molecule has 0 fully saturated rings. The number of hydrogen-bond acceptors (Lipinski definition) is 2. The summed E-state index contributed by atoms with van der Waals surface area (Å²) < 4.78 is 39.2. The maximum Gasteiger partial charge on any atom is 0.417 e. The summed E-state index contributed by atoms with van der Waals surface area (Å²) in [5, 5.41) is 0. The van der Waals surface area contributed by atoms with Crippen LogP contribution in [0.15, 0.2) is 18.3 Å². The third kappa shape index (κ3) is 2.27. The fraction of sp³-hybridized carbons (Fsp3) is 0.333. The second-order valence-electron chi connectivity index (χ2n) is 4.39. The molecule has 7 heteroatoms. The molecule has 2 rings (SSSR count). The van der Waals surface area contributed by atoms with E-state index in [1.807, 2.05) is 0 Å². The van der Waals surface area contributed by atoms with Crippen molar-refractivity contribution < 1.29 is 18.0 Å². The molecule has 0 aliphatic rings. The summed E-state index contributed by atoms with van der Waals surface area (Å²) in [5.74, 6) is -0.385. The van der Waals surface area contributed by atoms with Crippen molar-refractivity contribution in [2.45, 2.75) is 13.1 Å². The number of nitrogens with zero attached hydrogens (tertiary/aromatic N) is 3. The highest BCUT2D eigenvalue weighted by Crippen LogP contribution is 2.29. The second-order valence-corrected chi connectivity index (χ2v) is 4.39. The van der Waals surface area contributed by atoms with E-state index < -0.39 is 11.7 Å². The van der Waals surface area contributed by atoms with Crippen molar-refractivity contribution in [1.82, 2.24) is 14.3 Å². The van der Waals surface area contributed by atoms with E-state index in [4.69, 9.17) is 0 Å². The van der Waals surface area contributed by atoms with Crippen LogP contribution in [0.4, 0.5) is 13.2 Å². The Balaban J connectivity index is 2.70. The van der Waals surface area contributed by atoms with E-state index in [-0.39, 0.29) is 11.6 Å². The predicted octanol–water partition coefficient (Wildman–Crippen LogP) is 2.36. The number of aromatic nitrogens is 2. The Morgan fingerprint density at radius 3 is 2.47 bits per heavy atom. The fourth-order valence-corrected chi connectivity index (χ4v) is 1.80. The van der Waals surface area contributed by atoms with Gasteiger partial charge < -0.3 is 4.90 Å². The standard InChI is InChI=1S/C12H12F3N3O/c1-7-10(11(19)17(2)3)18-6-8(12(13,14)15)4-5-9(18)16-7/h4-6H,1-3H3. The minimum absolute atomic E-state index is 0.145. The van der Waals surface area contributed by atoms with Gasteiger partial charge in [0.15, 0.2) is 0 Å². The Labute approximate surface area is 107 Å². The Hall–Kier alpha value is -2.05. The van der Waals surface area contributed by atoms with E-state index in [1.165, 1.54) is 29.5 Å². The van der Waals surface area contributed by atoms with Crippen molar-refractivity contribution in [3.8, 4) is 0 Å². The fourth-order valence-electron chi connectivity index (χ4n) is 1.80. The number of rotatable bonds is 1. The van der Waals surface area contributed by atoms with Gasteiger partial charge in [-0.15, -0.1) is 0 Å². The number of fused-ring (bicyclic) bond motifs is 1. The minimum Gasteiger partial charge on any atom is -0.343 e. The molecule has 102 valence electrons. The number of carbonyl (C=O) groups excluding carboxylic acids is 1. The van der Waals surface area contributed by atoms with Gasteiger partial charge in [-0.05, 0) is 19.1 Å². The van der Waals surface area contributed by atoms with Crippen LogP contribution in [0, 0.1) is 6.92 Å². The van der Waals surface area contributed by atoms with E-state index in [0.717, 1.165) is 12.3 Å². The highest BCUT2D eigenvalue weighted by Gasteiger charge is 2.31. The van der Waals surface area contributed by atoms with Crippen LogP contribution in [0.1, 0.15) is 21.7 Å². The summed E-state index contributed by atoms with van der Waals surface area (Å²) in [6, 6.07) is 2.20. The average molecular weight is 271 g/mol. The predicted molar refractivity (Wildman–Crippen MR) is 62.9 cm³/mol. The summed E-state index contributed by atoms with van der Waals surface area (Å²) in [7, 11) is 3.07. The average Bonchev–Trinajstić information content (AvgIpc) is 2.61. The van der Waals surface area contributed by atoms with Crippen molar-refractivity contribution in [3.63, 3.8) is 0 Å². The molecule has 0 aromatic carbocycles. The van der Waals surface area contributed by atoms with Crippen LogP contribution in [-0.4, -0.2) is 34.3 Å². The third-order valence-electron chi connectivity index (χ3n) is 2.73. The molecule has 4 nitrogen and oxygen atoms in total. The van der Waals surface area contributed by atoms with Crippen molar-refractivity contribution in [3.05, 3.63) is 35.3 Å². The molecule has 19 heavy (non-hydrogen) atoms.